The van der Waals surface area contributed by atoms with E-state index in [-0.39, 0.29) is 23.9 Å². The molecule has 0 atom stereocenters. The molecular weight excluding hydrogens is 289 g/mol. The van der Waals surface area contributed by atoms with E-state index in [1.807, 2.05) is 0 Å². The Balaban J connectivity index is 2.59. The van der Waals surface area contributed by atoms with E-state index in [1.54, 1.807) is 13.0 Å². The zero-order valence-electron chi connectivity index (χ0n) is 12.5. The van der Waals surface area contributed by atoms with Crippen LogP contribution < -0.4 is 4.90 Å². The first-order valence-electron chi connectivity index (χ1n) is 6.71. The third-order valence-electron chi connectivity index (χ3n) is 3.08. The molecule has 0 saturated heterocycles. The summed E-state index contributed by atoms with van der Waals surface area (Å²) in [5, 5.41) is 4.09. The van der Waals surface area contributed by atoms with Gasteiger partial charge in [-0.25, -0.2) is 13.9 Å². The molecule has 7 heteroatoms. The summed E-state index contributed by atoms with van der Waals surface area (Å²) >= 11 is 0. The first kappa shape index (κ1) is 15.7. The van der Waals surface area contributed by atoms with Crippen LogP contribution in [0.2, 0.25) is 0 Å². The summed E-state index contributed by atoms with van der Waals surface area (Å²) in [4.78, 5) is 25.0. The van der Waals surface area contributed by atoms with Gasteiger partial charge >= 0.3 is 5.97 Å². The fourth-order valence-corrected chi connectivity index (χ4v) is 1.96. The van der Waals surface area contributed by atoms with Crippen molar-refractivity contribution in [2.45, 2.75) is 13.8 Å². The van der Waals surface area contributed by atoms with Crippen LogP contribution in [0.4, 0.5) is 10.2 Å². The van der Waals surface area contributed by atoms with Crippen LogP contribution in [0.5, 0.6) is 0 Å². The molecule has 0 radical (unpaired) electrons. The third-order valence-corrected chi connectivity index (χ3v) is 3.08. The highest BCUT2D eigenvalue weighted by Crippen LogP contribution is 2.25. The molecule has 1 aromatic heterocycles. The smallest absolute Gasteiger partial charge is 0.343 e. The van der Waals surface area contributed by atoms with Gasteiger partial charge in [-0.1, -0.05) is 6.07 Å². The SMILES string of the molecule is CCOC(=O)c1cnn(-c2cccc(F)c2)c1N(C)C(C)=O. The number of halogens is 1. The lowest BCUT2D eigenvalue weighted by atomic mass is 10.2. The van der Waals surface area contributed by atoms with Crippen molar-refractivity contribution in [1.82, 2.24) is 9.78 Å². The molecule has 0 fully saturated rings. The van der Waals surface area contributed by atoms with Crippen molar-refractivity contribution >= 4 is 17.7 Å². The number of aromatic nitrogens is 2. The quantitative estimate of drug-likeness (QED) is 0.812. The standard InChI is InChI=1S/C15H16FN3O3/c1-4-22-15(21)13-9-17-19(14(13)18(3)10(2)20)12-7-5-6-11(16)8-12/h5-9H,4H2,1-3H3. The molecule has 1 heterocycles. The van der Waals surface area contributed by atoms with Crippen molar-refractivity contribution in [3.8, 4) is 5.69 Å². The third kappa shape index (κ3) is 2.98. The number of carbonyl (C=O) groups excluding carboxylic acids is 2. The number of rotatable bonds is 4. The fraction of sp³-hybridized carbons (Fsp3) is 0.267. The minimum Gasteiger partial charge on any atom is -0.462 e. The van der Waals surface area contributed by atoms with Gasteiger partial charge in [0.15, 0.2) is 5.82 Å². The summed E-state index contributed by atoms with van der Waals surface area (Å²) in [5.41, 5.74) is 0.544. The Hall–Kier alpha value is -2.70. The number of nitrogens with zero attached hydrogens (tertiary/aromatic N) is 3. The Morgan fingerprint density at radius 3 is 2.73 bits per heavy atom. The fourth-order valence-electron chi connectivity index (χ4n) is 1.96. The molecule has 1 amide bonds. The topological polar surface area (TPSA) is 64.4 Å². The zero-order valence-corrected chi connectivity index (χ0v) is 12.5. The number of esters is 1. The number of carbonyl (C=O) groups is 2. The van der Waals surface area contributed by atoms with Gasteiger partial charge in [0, 0.05) is 14.0 Å². The molecule has 2 rings (SSSR count). The van der Waals surface area contributed by atoms with Gasteiger partial charge in [-0.15, -0.1) is 0 Å². The minimum absolute atomic E-state index is 0.142. The van der Waals surface area contributed by atoms with Gasteiger partial charge in [-0.05, 0) is 25.1 Å². The van der Waals surface area contributed by atoms with E-state index in [9.17, 15) is 14.0 Å². The summed E-state index contributed by atoms with van der Waals surface area (Å²) < 4.78 is 19.7. The van der Waals surface area contributed by atoms with Crippen LogP contribution in [0, 0.1) is 5.82 Å². The van der Waals surface area contributed by atoms with Crippen molar-refractivity contribution in [2.75, 3.05) is 18.6 Å². The molecule has 0 bridgehead atoms. The van der Waals surface area contributed by atoms with Crippen LogP contribution in [0.25, 0.3) is 5.69 Å². The molecule has 6 nitrogen and oxygen atoms in total. The van der Waals surface area contributed by atoms with Crippen LogP contribution in [0.3, 0.4) is 0 Å². The Kier molecular flexibility index (Phi) is 4.55. The molecule has 0 aliphatic rings. The van der Waals surface area contributed by atoms with E-state index < -0.39 is 11.8 Å². The second-order valence-electron chi connectivity index (χ2n) is 4.57. The Morgan fingerprint density at radius 1 is 1.41 bits per heavy atom. The summed E-state index contributed by atoms with van der Waals surface area (Å²) in [7, 11) is 1.51. The molecule has 116 valence electrons. The molecule has 0 N–H and O–H groups in total. The number of anilines is 1. The van der Waals surface area contributed by atoms with Crippen LogP contribution >= 0.6 is 0 Å². The molecule has 22 heavy (non-hydrogen) atoms. The summed E-state index contributed by atoms with van der Waals surface area (Å²) in [6.45, 7) is 3.24. The highest BCUT2D eigenvalue weighted by Gasteiger charge is 2.24. The largest absolute Gasteiger partial charge is 0.462 e. The normalized spacial score (nSPS) is 10.4. The predicted molar refractivity (Wildman–Crippen MR) is 78.6 cm³/mol. The van der Waals surface area contributed by atoms with Crippen molar-refractivity contribution in [2.24, 2.45) is 0 Å². The van der Waals surface area contributed by atoms with Crippen LogP contribution in [0.15, 0.2) is 30.5 Å². The molecule has 0 aliphatic carbocycles. The summed E-state index contributed by atoms with van der Waals surface area (Å²) in [5.74, 6) is -1.09. The highest BCUT2D eigenvalue weighted by atomic mass is 19.1. The molecule has 0 spiro atoms. The molecule has 1 aromatic carbocycles. The van der Waals surface area contributed by atoms with Crippen LogP contribution in [-0.4, -0.2) is 35.3 Å². The van der Waals surface area contributed by atoms with Gasteiger partial charge in [0.25, 0.3) is 0 Å². The number of amides is 1. The maximum Gasteiger partial charge on any atom is 0.343 e. The van der Waals surface area contributed by atoms with E-state index in [4.69, 9.17) is 4.74 Å². The maximum atomic E-state index is 13.4. The first-order valence-corrected chi connectivity index (χ1v) is 6.71. The Labute approximate surface area is 127 Å². The summed E-state index contributed by atoms with van der Waals surface area (Å²) in [6.07, 6.45) is 1.30. The predicted octanol–water partition coefficient (Wildman–Crippen LogP) is 2.17. The van der Waals surface area contributed by atoms with E-state index in [0.29, 0.717) is 5.69 Å². The zero-order chi connectivity index (χ0) is 16.3. The Bertz CT molecular complexity index is 712. The monoisotopic (exact) mass is 305 g/mol. The average molecular weight is 305 g/mol. The summed E-state index contributed by atoms with van der Waals surface area (Å²) in [6, 6.07) is 5.71. The van der Waals surface area contributed by atoms with Crippen LogP contribution in [0.1, 0.15) is 24.2 Å². The number of benzene rings is 1. The molecule has 2 aromatic rings. The number of hydrogen-bond donors (Lipinski definition) is 0. The second-order valence-corrected chi connectivity index (χ2v) is 4.57. The van der Waals surface area contributed by atoms with Gasteiger partial charge in [-0.3, -0.25) is 9.69 Å². The lowest BCUT2D eigenvalue weighted by molar-refractivity contribution is -0.116. The van der Waals surface area contributed by atoms with Gasteiger partial charge in [0.2, 0.25) is 5.91 Å². The minimum atomic E-state index is -0.590. The van der Waals surface area contributed by atoms with Crippen molar-refractivity contribution in [1.29, 1.82) is 0 Å². The lowest BCUT2D eigenvalue weighted by Gasteiger charge is -2.18. The average Bonchev–Trinajstić information content (AvgIpc) is 2.91. The Morgan fingerprint density at radius 2 is 2.14 bits per heavy atom. The van der Waals surface area contributed by atoms with E-state index in [2.05, 4.69) is 5.10 Å². The lowest BCUT2D eigenvalue weighted by Crippen LogP contribution is -2.27. The van der Waals surface area contributed by atoms with Gasteiger partial charge in [-0.2, -0.15) is 5.10 Å². The molecule has 0 saturated carbocycles. The molecular formula is C15H16FN3O3. The van der Waals surface area contributed by atoms with E-state index in [1.165, 1.54) is 47.9 Å². The number of ether oxygens (including phenoxy) is 1. The number of hydrogen-bond acceptors (Lipinski definition) is 4. The van der Waals surface area contributed by atoms with E-state index >= 15 is 0 Å². The first-order chi connectivity index (χ1) is 10.5. The van der Waals surface area contributed by atoms with Crippen LogP contribution in [-0.2, 0) is 9.53 Å². The maximum absolute atomic E-state index is 13.4. The van der Waals surface area contributed by atoms with E-state index in [0.717, 1.165) is 0 Å². The molecule has 0 unspecified atom stereocenters. The highest BCUT2D eigenvalue weighted by molar-refractivity contribution is 6.00. The van der Waals surface area contributed by atoms with Gasteiger partial charge in [0.05, 0.1) is 18.5 Å². The van der Waals surface area contributed by atoms with Gasteiger partial charge in [0.1, 0.15) is 11.4 Å². The van der Waals surface area contributed by atoms with Crippen molar-refractivity contribution in [3.63, 3.8) is 0 Å². The molecule has 0 aliphatic heterocycles. The van der Waals surface area contributed by atoms with Gasteiger partial charge < -0.3 is 4.74 Å². The van der Waals surface area contributed by atoms with Crippen molar-refractivity contribution in [3.05, 3.63) is 41.8 Å². The second kappa shape index (κ2) is 6.38. The van der Waals surface area contributed by atoms with Crippen molar-refractivity contribution < 1.29 is 18.7 Å².